The van der Waals surface area contributed by atoms with Crippen molar-refractivity contribution < 1.29 is 49.4 Å². The summed E-state index contributed by atoms with van der Waals surface area (Å²) in [6.07, 6.45) is -6.33. The molecule has 0 saturated carbocycles. The summed E-state index contributed by atoms with van der Waals surface area (Å²) in [6, 6.07) is 8.13. The zero-order valence-corrected chi connectivity index (χ0v) is 19.5. The number of amides is 2. The van der Waals surface area contributed by atoms with Gasteiger partial charge in [0.1, 0.15) is 18.3 Å². The lowest BCUT2D eigenvalue weighted by atomic mass is 9.88. The van der Waals surface area contributed by atoms with Crippen molar-refractivity contribution in [2.75, 3.05) is 13.2 Å². The number of aliphatic carboxylic acids is 1. The lowest BCUT2D eigenvalue weighted by Crippen LogP contribution is -2.67. The molecular formula is C23H34N2O10. The molecular weight excluding hydrogens is 464 g/mol. The van der Waals surface area contributed by atoms with E-state index in [1.54, 1.807) is 0 Å². The zero-order valence-electron chi connectivity index (χ0n) is 19.5. The third kappa shape index (κ3) is 8.23. The Hall–Kier alpha value is -2.61. The summed E-state index contributed by atoms with van der Waals surface area (Å²) >= 11 is 0. The number of hydrogen-bond acceptors (Lipinski definition) is 9. The van der Waals surface area contributed by atoms with E-state index in [9.17, 15) is 34.8 Å². The van der Waals surface area contributed by atoms with Crippen LogP contribution in [0.25, 0.3) is 0 Å². The van der Waals surface area contributed by atoms with Gasteiger partial charge in [-0.05, 0) is 18.4 Å². The fourth-order valence-electron chi connectivity index (χ4n) is 3.79. The Morgan fingerprint density at radius 1 is 1.20 bits per heavy atom. The Balaban J connectivity index is 1.94. The monoisotopic (exact) mass is 498 g/mol. The summed E-state index contributed by atoms with van der Waals surface area (Å²) in [5.41, 5.74) is 0.959. The van der Waals surface area contributed by atoms with Crippen LogP contribution in [0.2, 0.25) is 0 Å². The highest BCUT2D eigenvalue weighted by atomic mass is 16.7. The molecule has 2 rings (SSSR count). The molecule has 1 saturated heterocycles. The first-order valence-corrected chi connectivity index (χ1v) is 11.4. The molecule has 1 heterocycles. The molecule has 35 heavy (non-hydrogen) atoms. The van der Waals surface area contributed by atoms with E-state index >= 15 is 0 Å². The minimum Gasteiger partial charge on any atom is -0.477 e. The van der Waals surface area contributed by atoms with E-state index in [0.29, 0.717) is 19.4 Å². The van der Waals surface area contributed by atoms with Crippen LogP contribution in [0.4, 0.5) is 0 Å². The fraction of sp³-hybridized carbons (Fsp3) is 0.609. The predicted molar refractivity (Wildman–Crippen MR) is 121 cm³/mol. The van der Waals surface area contributed by atoms with Gasteiger partial charge in [0.25, 0.3) is 5.79 Å². The van der Waals surface area contributed by atoms with Gasteiger partial charge in [0.2, 0.25) is 11.8 Å². The maximum absolute atomic E-state index is 12.0. The van der Waals surface area contributed by atoms with Gasteiger partial charge in [-0.25, -0.2) is 4.79 Å². The highest BCUT2D eigenvalue weighted by Gasteiger charge is 2.55. The van der Waals surface area contributed by atoms with Crippen molar-refractivity contribution in [3.63, 3.8) is 0 Å². The zero-order chi connectivity index (χ0) is 26.0. The van der Waals surface area contributed by atoms with Crippen molar-refractivity contribution in [2.24, 2.45) is 0 Å². The Labute approximate surface area is 202 Å². The van der Waals surface area contributed by atoms with Crippen LogP contribution >= 0.6 is 0 Å². The number of hydrogen-bond donors (Lipinski definition) is 7. The van der Waals surface area contributed by atoms with Crippen LogP contribution in [0.1, 0.15) is 38.2 Å². The Bertz CT molecular complexity index is 839. The van der Waals surface area contributed by atoms with Gasteiger partial charge in [-0.3, -0.25) is 9.59 Å². The van der Waals surface area contributed by atoms with Crippen LogP contribution < -0.4 is 10.6 Å². The molecule has 12 heteroatoms. The van der Waals surface area contributed by atoms with Gasteiger partial charge in [-0.1, -0.05) is 30.3 Å². The van der Waals surface area contributed by atoms with E-state index < -0.39 is 61.1 Å². The average molecular weight is 499 g/mol. The predicted octanol–water partition coefficient (Wildman–Crippen LogP) is -1.36. The number of carboxylic acid groups (broad SMARTS) is 1. The van der Waals surface area contributed by atoms with Gasteiger partial charge >= 0.3 is 5.97 Å². The molecule has 2 amide bonds. The van der Waals surface area contributed by atoms with Crippen LogP contribution in [0, 0.1) is 0 Å². The Kier molecular flexibility index (Phi) is 11.0. The van der Waals surface area contributed by atoms with E-state index in [4.69, 9.17) is 14.6 Å². The molecule has 6 atom stereocenters. The third-order valence-corrected chi connectivity index (χ3v) is 5.65. The van der Waals surface area contributed by atoms with E-state index in [1.807, 2.05) is 30.3 Å². The number of carboxylic acids is 1. The summed E-state index contributed by atoms with van der Waals surface area (Å²) < 4.78 is 11.0. The highest BCUT2D eigenvalue weighted by Crippen LogP contribution is 2.33. The molecule has 1 aliphatic rings. The molecule has 1 aromatic carbocycles. The molecule has 196 valence electrons. The molecule has 4 unspecified atom stereocenters. The first-order chi connectivity index (χ1) is 16.6. The average Bonchev–Trinajstić information content (AvgIpc) is 2.83. The van der Waals surface area contributed by atoms with Gasteiger partial charge in [-0.15, -0.1) is 0 Å². The van der Waals surface area contributed by atoms with Crippen LogP contribution in [0.5, 0.6) is 0 Å². The SMILES string of the molecule is CC(=O)NC1C(O)CC(OCCCCC(=O)NCc2ccccc2)(C(=O)O)OC1[C@H](O)[C@H](O)CO. The molecule has 0 aromatic heterocycles. The summed E-state index contributed by atoms with van der Waals surface area (Å²) in [5, 5.41) is 54.9. The smallest absolute Gasteiger partial charge is 0.364 e. The molecule has 0 spiro atoms. The quantitative estimate of drug-likeness (QED) is 0.160. The van der Waals surface area contributed by atoms with E-state index in [0.717, 1.165) is 12.5 Å². The topological polar surface area (TPSA) is 195 Å². The van der Waals surface area contributed by atoms with Crippen LogP contribution in [0.3, 0.4) is 0 Å². The van der Waals surface area contributed by atoms with E-state index in [2.05, 4.69) is 10.6 Å². The number of ether oxygens (including phenoxy) is 2. The lowest BCUT2D eigenvalue weighted by molar-refractivity contribution is -0.311. The second kappa shape index (κ2) is 13.5. The van der Waals surface area contributed by atoms with Crippen molar-refractivity contribution in [3.05, 3.63) is 35.9 Å². The van der Waals surface area contributed by atoms with Crippen molar-refractivity contribution in [2.45, 2.75) is 75.4 Å². The highest BCUT2D eigenvalue weighted by molar-refractivity contribution is 5.77. The van der Waals surface area contributed by atoms with Gasteiger partial charge in [0.15, 0.2) is 0 Å². The first kappa shape index (κ1) is 28.6. The van der Waals surface area contributed by atoms with E-state index in [-0.39, 0.29) is 18.9 Å². The lowest BCUT2D eigenvalue weighted by Gasteiger charge is -2.46. The molecule has 1 aromatic rings. The minimum absolute atomic E-state index is 0.138. The number of benzene rings is 1. The molecule has 1 aliphatic heterocycles. The van der Waals surface area contributed by atoms with Gasteiger partial charge in [0.05, 0.1) is 25.4 Å². The van der Waals surface area contributed by atoms with Crippen molar-refractivity contribution in [1.29, 1.82) is 0 Å². The van der Waals surface area contributed by atoms with Crippen molar-refractivity contribution in [3.8, 4) is 0 Å². The normalized spacial score (nSPS) is 25.9. The molecule has 0 aliphatic carbocycles. The maximum atomic E-state index is 12.0. The van der Waals surface area contributed by atoms with Crippen LogP contribution in [-0.4, -0.2) is 92.8 Å². The number of aliphatic hydroxyl groups is 4. The molecule has 1 fully saturated rings. The fourth-order valence-corrected chi connectivity index (χ4v) is 3.79. The first-order valence-electron chi connectivity index (χ1n) is 11.4. The summed E-state index contributed by atoms with van der Waals surface area (Å²) in [4.78, 5) is 35.6. The molecule has 7 N–H and O–H groups in total. The second-order valence-electron chi connectivity index (χ2n) is 8.45. The minimum atomic E-state index is -2.37. The van der Waals surface area contributed by atoms with Crippen LogP contribution in [0.15, 0.2) is 30.3 Å². The number of carbonyl (C=O) groups is 3. The standard InChI is InChI=1S/C23H34N2O10/c1-14(27)25-19-16(28)11-23(22(32)33,35-21(19)20(31)17(29)13-26)34-10-6-5-9-18(30)24-12-15-7-3-2-4-8-15/h2-4,7-8,16-17,19-21,26,28-29,31H,5-6,9-13H2,1H3,(H,24,30)(H,25,27)(H,32,33)/t16?,17-,19?,20-,21?,23?/m1/s1. The largest absolute Gasteiger partial charge is 0.477 e. The Morgan fingerprint density at radius 2 is 1.89 bits per heavy atom. The number of aliphatic hydroxyl groups excluding tert-OH is 4. The van der Waals surface area contributed by atoms with Crippen LogP contribution in [-0.2, 0) is 30.4 Å². The molecule has 12 nitrogen and oxygen atoms in total. The number of nitrogens with one attached hydrogen (secondary N) is 2. The molecule has 0 bridgehead atoms. The van der Waals surface area contributed by atoms with Crippen molar-refractivity contribution >= 4 is 17.8 Å². The van der Waals surface area contributed by atoms with E-state index in [1.165, 1.54) is 0 Å². The van der Waals surface area contributed by atoms with Gasteiger partial charge in [0, 0.05) is 26.3 Å². The Morgan fingerprint density at radius 3 is 2.49 bits per heavy atom. The van der Waals surface area contributed by atoms with Gasteiger partial charge < -0.3 is 45.6 Å². The van der Waals surface area contributed by atoms with Crippen molar-refractivity contribution in [1.82, 2.24) is 10.6 Å². The number of carbonyl (C=O) groups excluding carboxylic acids is 2. The number of unbranched alkanes of at least 4 members (excludes halogenated alkanes) is 1. The maximum Gasteiger partial charge on any atom is 0.364 e. The number of rotatable bonds is 13. The summed E-state index contributed by atoms with van der Waals surface area (Å²) in [6.45, 7) is 0.547. The second-order valence-corrected chi connectivity index (χ2v) is 8.45. The summed E-state index contributed by atoms with van der Waals surface area (Å²) in [7, 11) is 0. The summed E-state index contributed by atoms with van der Waals surface area (Å²) in [5.74, 6) is -4.70. The third-order valence-electron chi connectivity index (χ3n) is 5.65. The molecule has 0 radical (unpaired) electrons. The van der Waals surface area contributed by atoms with Gasteiger partial charge in [-0.2, -0.15) is 0 Å².